The smallest absolute Gasteiger partial charge is 0.123 e. The van der Waals surface area contributed by atoms with E-state index in [9.17, 15) is 8.78 Å². The molecule has 2 aromatic rings. The van der Waals surface area contributed by atoms with Gasteiger partial charge in [0.15, 0.2) is 0 Å². The normalized spacial score (nSPS) is 12.8. The van der Waals surface area contributed by atoms with Gasteiger partial charge in [-0.25, -0.2) is 8.78 Å². The summed E-state index contributed by atoms with van der Waals surface area (Å²) in [5, 5.41) is 3.43. The van der Waals surface area contributed by atoms with Crippen molar-refractivity contribution in [1.29, 1.82) is 0 Å². The van der Waals surface area contributed by atoms with E-state index >= 15 is 0 Å². The summed E-state index contributed by atoms with van der Waals surface area (Å²) in [4.78, 5) is 2.24. The molecule has 0 heterocycles. The number of rotatable bonds is 9. The van der Waals surface area contributed by atoms with Crippen LogP contribution in [0.3, 0.4) is 0 Å². The molecule has 0 saturated heterocycles. The average molecular weight is 419 g/mol. The lowest BCUT2D eigenvalue weighted by Gasteiger charge is -2.31. The molecule has 0 fully saturated rings. The van der Waals surface area contributed by atoms with E-state index in [0.29, 0.717) is 5.92 Å². The Hall–Kier alpha value is -1.20. The lowest BCUT2D eigenvalue weighted by Crippen LogP contribution is -2.41. The minimum Gasteiger partial charge on any atom is -0.315 e. The fraction of sp³-hybridized carbons (Fsp3) is 0.429. The Balaban J connectivity index is 0.00000338. The van der Waals surface area contributed by atoms with Crippen LogP contribution in [0.1, 0.15) is 36.8 Å². The van der Waals surface area contributed by atoms with Crippen molar-refractivity contribution >= 4 is 24.8 Å². The van der Waals surface area contributed by atoms with Crippen LogP contribution in [-0.4, -0.2) is 31.6 Å². The molecule has 0 bridgehead atoms. The summed E-state index contributed by atoms with van der Waals surface area (Å²) >= 11 is 0. The van der Waals surface area contributed by atoms with Crippen molar-refractivity contribution in [2.24, 2.45) is 0 Å². The van der Waals surface area contributed by atoms with E-state index in [1.165, 1.54) is 24.3 Å². The molecule has 6 heteroatoms. The minimum absolute atomic E-state index is 0. The van der Waals surface area contributed by atoms with Crippen LogP contribution in [0.25, 0.3) is 0 Å². The zero-order valence-electron chi connectivity index (χ0n) is 16.1. The van der Waals surface area contributed by atoms with Crippen LogP contribution in [0.4, 0.5) is 8.78 Å². The van der Waals surface area contributed by atoms with E-state index in [4.69, 9.17) is 0 Å². The first-order chi connectivity index (χ1) is 12.0. The molecular weight excluding hydrogens is 389 g/mol. The van der Waals surface area contributed by atoms with Gasteiger partial charge in [0.2, 0.25) is 0 Å². The zero-order valence-corrected chi connectivity index (χ0v) is 17.8. The summed E-state index contributed by atoms with van der Waals surface area (Å²) in [6.07, 6.45) is 2.11. The first-order valence-corrected chi connectivity index (χ1v) is 8.89. The maximum atomic E-state index is 13.2. The summed E-state index contributed by atoms with van der Waals surface area (Å²) in [5.41, 5.74) is 2.25. The van der Waals surface area contributed by atoms with Crippen LogP contribution < -0.4 is 5.32 Å². The third-order valence-corrected chi connectivity index (χ3v) is 4.63. The molecule has 0 aliphatic carbocycles. The number of halogens is 4. The highest BCUT2D eigenvalue weighted by atomic mass is 35.5. The van der Waals surface area contributed by atoms with Gasteiger partial charge < -0.3 is 10.2 Å². The van der Waals surface area contributed by atoms with Gasteiger partial charge in [-0.05, 0) is 55.9 Å². The molecule has 0 radical (unpaired) electrons. The third-order valence-electron chi connectivity index (χ3n) is 4.63. The summed E-state index contributed by atoms with van der Waals surface area (Å²) in [7, 11) is 4.05. The highest BCUT2D eigenvalue weighted by molar-refractivity contribution is 5.85. The molecule has 152 valence electrons. The quantitative estimate of drug-likeness (QED) is 0.585. The van der Waals surface area contributed by atoms with E-state index in [1.54, 1.807) is 0 Å². The van der Waals surface area contributed by atoms with Crippen LogP contribution in [0.15, 0.2) is 48.5 Å². The SMILES string of the molecule is CCCC(c1ccc(F)cc1)C(CN(C)Cc1ccc(F)cc1)NC.Cl.Cl. The van der Waals surface area contributed by atoms with Gasteiger partial charge >= 0.3 is 0 Å². The summed E-state index contributed by atoms with van der Waals surface area (Å²) in [6, 6.07) is 13.7. The van der Waals surface area contributed by atoms with Gasteiger partial charge in [0.1, 0.15) is 11.6 Å². The molecule has 2 unspecified atom stereocenters. The van der Waals surface area contributed by atoms with Gasteiger partial charge in [0.05, 0.1) is 0 Å². The second kappa shape index (κ2) is 13.1. The molecule has 0 saturated carbocycles. The number of nitrogens with zero attached hydrogens (tertiary/aromatic N) is 1. The predicted octanol–water partition coefficient (Wildman–Crippen LogP) is 5.41. The van der Waals surface area contributed by atoms with Gasteiger partial charge in [-0.3, -0.25) is 0 Å². The summed E-state index contributed by atoms with van der Waals surface area (Å²) in [5.74, 6) is -0.0847. The van der Waals surface area contributed by atoms with E-state index in [2.05, 4.69) is 24.2 Å². The Bertz CT molecular complexity index is 636. The second-order valence-electron chi connectivity index (χ2n) is 6.67. The van der Waals surface area contributed by atoms with Crippen molar-refractivity contribution in [2.45, 2.75) is 38.3 Å². The molecule has 0 amide bonds. The van der Waals surface area contributed by atoms with Gasteiger partial charge in [0, 0.05) is 25.0 Å². The van der Waals surface area contributed by atoms with Crippen LogP contribution in [-0.2, 0) is 6.54 Å². The highest BCUT2D eigenvalue weighted by Gasteiger charge is 2.22. The highest BCUT2D eigenvalue weighted by Crippen LogP contribution is 2.26. The molecule has 0 aromatic heterocycles. The summed E-state index contributed by atoms with van der Waals surface area (Å²) in [6.45, 7) is 3.79. The number of likely N-dealkylation sites (N-methyl/N-ethyl adjacent to an activating group) is 2. The molecule has 2 nitrogen and oxygen atoms in total. The van der Waals surface area contributed by atoms with Crippen molar-refractivity contribution < 1.29 is 8.78 Å². The predicted molar refractivity (Wildman–Crippen MR) is 114 cm³/mol. The van der Waals surface area contributed by atoms with Crippen molar-refractivity contribution in [1.82, 2.24) is 10.2 Å². The van der Waals surface area contributed by atoms with Gasteiger partial charge in [-0.15, -0.1) is 24.8 Å². The molecule has 1 N–H and O–H groups in total. The van der Waals surface area contributed by atoms with Crippen LogP contribution in [0.5, 0.6) is 0 Å². The largest absolute Gasteiger partial charge is 0.315 e. The molecule has 2 atom stereocenters. The van der Waals surface area contributed by atoms with Gasteiger partial charge in [0.25, 0.3) is 0 Å². The maximum Gasteiger partial charge on any atom is 0.123 e. The van der Waals surface area contributed by atoms with E-state index < -0.39 is 0 Å². The lowest BCUT2D eigenvalue weighted by atomic mass is 9.87. The van der Waals surface area contributed by atoms with Crippen LogP contribution >= 0.6 is 24.8 Å². The van der Waals surface area contributed by atoms with Crippen molar-refractivity contribution in [3.05, 3.63) is 71.3 Å². The third kappa shape index (κ3) is 8.14. The average Bonchev–Trinajstić information content (AvgIpc) is 2.61. The molecule has 2 aromatic carbocycles. The standard InChI is InChI=1S/C21H28F2N2.2ClH/c1-4-5-20(17-8-12-19(23)13-9-17)21(24-2)15-25(3)14-16-6-10-18(22)11-7-16;;/h6-13,20-21,24H,4-5,14-15H2,1-3H3;2*1H. The number of hydrogen-bond donors (Lipinski definition) is 1. The number of hydrogen-bond acceptors (Lipinski definition) is 2. The zero-order chi connectivity index (χ0) is 18.2. The van der Waals surface area contributed by atoms with E-state index in [0.717, 1.165) is 37.1 Å². The molecule has 0 aliphatic rings. The Morgan fingerprint density at radius 3 is 1.93 bits per heavy atom. The lowest BCUT2D eigenvalue weighted by molar-refractivity contribution is 0.263. The number of nitrogens with one attached hydrogen (secondary N) is 1. The molecule has 27 heavy (non-hydrogen) atoms. The number of benzene rings is 2. The first kappa shape index (κ1) is 25.8. The van der Waals surface area contributed by atoms with Gasteiger partial charge in [-0.1, -0.05) is 37.6 Å². The van der Waals surface area contributed by atoms with Crippen LogP contribution in [0, 0.1) is 11.6 Å². The second-order valence-corrected chi connectivity index (χ2v) is 6.67. The Kier molecular flexibility index (Phi) is 12.5. The Morgan fingerprint density at radius 2 is 1.44 bits per heavy atom. The Labute approximate surface area is 174 Å². The Morgan fingerprint density at radius 1 is 0.926 bits per heavy atom. The monoisotopic (exact) mass is 418 g/mol. The van der Waals surface area contributed by atoms with Gasteiger partial charge in [-0.2, -0.15) is 0 Å². The fourth-order valence-electron chi connectivity index (χ4n) is 3.34. The summed E-state index contributed by atoms with van der Waals surface area (Å²) < 4.78 is 26.3. The minimum atomic E-state index is -0.209. The molecule has 2 rings (SSSR count). The van der Waals surface area contributed by atoms with E-state index in [1.807, 2.05) is 31.3 Å². The van der Waals surface area contributed by atoms with Crippen molar-refractivity contribution in [3.63, 3.8) is 0 Å². The van der Waals surface area contributed by atoms with E-state index in [-0.39, 0.29) is 42.5 Å². The maximum absolute atomic E-state index is 13.2. The molecule has 0 spiro atoms. The first-order valence-electron chi connectivity index (χ1n) is 8.89. The topological polar surface area (TPSA) is 15.3 Å². The molecule has 0 aliphatic heterocycles. The van der Waals surface area contributed by atoms with Crippen molar-refractivity contribution in [3.8, 4) is 0 Å². The molecular formula is C21H30Cl2F2N2. The van der Waals surface area contributed by atoms with Crippen molar-refractivity contribution in [2.75, 3.05) is 20.6 Å². The van der Waals surface area contributed by atoms with Crippen LogP contribution in [0.2, 0.25) is 0 Å². The fourth-order valence-corrected chi connectivity index (χ4v) is 3.34.